The molecule has 56 valence electrons. The van der Waals surface area contributed by atoms with E-state index in [1.807, 2.05) is 0 Å². The number of carbonyl (C=O) groups excluding carboxylic acids is 1. The van der Waals surface area contributed by atoms with Crippen molar-refractivity contribution in [2.75, 3.05) is 13.2 Å². The fourth-order valence-corrected chi connectivity index (χ4v) is 0.549. The van der Waals surface area contributed by atoms with E-state index < -0.39 is 12.4 Å². The van der Waals surface area contributed by atoms with Crippen molar-refractivity contribution in [3.63, 3.8) is 0 Å². The van der Waals surface area contributed by atoms with Gasteiger partial charge in [-0.25, -0.2) is 4.79 Å². The largest absolute Gasteiger partial charge is 0.510 e. The molecule has 1 rings (SSSR count). The molecule has 1 aliphatic heterocycles. The van der Waals surface area contributed by atoms with Crippen molar-refractivity contribution in [1.82, 2.24) is 0 Å². The number of cyclic esters (lactones) is 2. The van der Waals surface area contributed by atoms with Crippen LogP contribution >= 0.6 is 0 Å². The summed E-state index contributed by atoms with van der Waals surface area (Å²) in [5.41, 5.74) is 0. The average Bonchev–Trinajstić information content (AvgIpc) is 2.31. The summed E-state index contributed by atoms with van der Waals surface area (Å²) >= 11 is 0. The number of carbonyl (C=O) groups is 1. The van der Waals surface area contributed by atoms with Crippen molar-refractivity contribution < 1.29 is 19.0 Å². The SMILES string of the molecule is N=CCOC1COC(=O)O1. The van der Waals surface area contributed by atoms with Crippen LogP contribution in [0.5, 0.6) is 0 Å². The molecular weight excluding hydrogens is 138 g/mol. The van der Waals surface area contributed by atoms with Crippen LogP contribution in [0.4, 0.5) is 4.79 Å². The zero-order valence-corrected chi connectivity index (χ0v) is 5.20. The van der Waals surface area contributed by atoms with E-state index in [9.17, 15) is 4.79 Å². The highest BCUT2D eigenvalue weighted by atomic mass is 16.8. The number of rotatable bonds is 3. The Balaban J connectivity index is 2.18. The lowest BCUT2D eigenvalue weighted by molar-refractivity contribution is -0.0612. The van der Waals surface area contributed by atoms with Crippen LogP contribution in [0.15, 0.2) is 0 Å². The first-order valence-corrected chi connectivity index (χ1v) is 2.77. The molecular formula is C5H7NO4. The zero-order chi connectivity index (χ0) is 7.40. The third kappa shape index (κ3) is 1.70. The van der Waals surface area contributed by atoms with Gasteiger partial charge < -0.3 is 19.6 Å². The molecule has 5 heteroatoms. The van der Waals surface area contributed by atoms with Crippen LogP contribution in [0.1, 0.15) is 0 Å². The van der Waals surface area contributed by atoms with E-state index in [0.29, 0.717) is 0 Å². The predicted octanol–water partition coefficient (Wildman–Crippen LogP) is 0.145. The minimum Gasteiger partial charge on any atom is -0.428 e. The fourth-order valence-electron chi connectivity index (χ4n) is 0.549. The Hall–Kier alpha value is -1.10. The van der Waals surface area contributed by atoms with Crippen LogP contribution in [0.25, 0.3) is 0 Å². The quantitative estimate of drug-likeness (QED) is 0.453. The molecule has 1 saturated heterocycles. The summed E-state index contributed by atoms with van der Waals surface area (Å²) in [6.45, 7) is 0.258. The van der Waals surface area contributed by atoms with E-state index in [2.05, 4.69) is 9.47 Å². The third-order valence-electron chi connectivity index (χ3n) is 0.930. The van der Waals surface area contributed by atoms with Gasteiger partial charge in [0.1, 0.15) is 0 Å². The number of nitrogens with one attached hydrogen (secondary N) is 1. The second-order valence-corrected chi connectivity index (χ2v) is 1.65. The van der Waals surface area contributed by atoms with Crippen molar-refractivity contribution in [2.45, 2.75) is 6.29 Å². The molecule has 0 aliphatic carbocycles. The smallest absolute Gasteiger partial charge is 0.428 e. The number of hydrogen-bond acceptors (Lipinski definition) is 5. The summed E-state index contributed by atoms with van der Waals surface area (Å²) in [5.74, 6) is 0. The van der Waals surface area contributed by atoms with Gasteiger partial charge in [0.25, 0.3) is 0 Å². The highest BCUT2D eigenvalue weighted by Gasteiger charge is 2.24. The van der Waals surface area contributed by atoms with Gasteiger partial charge in [0.15, 0.2) is 6.61 Å². The molecule has 10 heavy (non-hydrogen) atoms. The third-order valence-corrected chi connectivity index (χ3v) is 0.930. The van der Waals surface area contributed by atoms with Crippen molar-refractivity contribution in [3.05, 3.63) is 0 Å². The van der Waals surface area contributed by atoms with Crippen molar-refractivity contribution in [2.24, 2.45) is 0 Å². The van der Waals surface area contributed by atoms with Gasteiger partial charge in [-0.1, -0.05) is 0 Å². The van der Waals surface area contributed by atoms with Gasteiger partial charge in [-0.15, -0.1) is 0 Å². The standard InChI is InChI=1S/C5H7NO4/c6-1-2-8-4-3-9-5(7)10-4/h1,4,6H,2-3H2. The van der Waals surface area contributed by atoms with Crippen molar-refractivity contribution >= 4 is 12.4 Å². The Morgan fingerprint density at radius 1 is 1.90 bits per heavy atom. The molecule has 1 atom stereocenters. The minimum atomic E-state index is -0.713. The van der Waals surface area contributed by atoms with Crippen LogP contribution in [0.3, 0.4) is 0 Å². The molecule has 1 fully saturated rings. The molecule has 0 saturated carbocycles. The Kier molecular flexibility index (Phi) is 2.22. The summed E-state index contributed by atoms with van der Waals surface area (Å²) in [4.78, 5) is 10.2. The van der Waals surface area contributed by atoms with Gasteiger partial charge in [-0.05, 0) is 0 Å². The van der Waals surface area contributed by atoms with Gasteiger partial charge >= 0.3 is 6.16 Å². The van der Waals surface area contributed by atoms with Gasteiger partial charge in [0, 0.05) is 6.21 Å². The second kappa shape index (κ2) is 3.17. The lowest BCUT2D eigenvalue weighted by Gasteiger charge is -2.03. The van der Waals surface area contributed by atoms with Gasteiger partial charge in [0.05, 0.1) is 6.61 Å². The molecule has 0 radical (unpaired) electrons. The second-order valence-electron chi connectivity index (χ2n) is 1.65. The maximum Gasteiger partial charge on any atom is 0.510 e. The first-order chi connectivity index (χ1) is 4.83. The highest BCUT2D eigenvalue weighted by Crippen LogP contribution is 2.05. The van der Waals surface area contributed by atoms with Gasteiger partial charge in [-0.3, -0.25) is 0 Å². The Morgan fingerprint density at radius 3 is 3.20 bits per heavy atom. The average molecular weight is 145 g/mol. The zero-order valence-electron chi connectivity index (χ0n) is 5.20. The molecule has 0 bridgehead atoms. The molecule has 1 heterocycles. The summed E-state index contributed by atoms with van der Waals surface area (Å²) in [7, 11) is 0. The Bertz CT molecular complexity index is 147. The Labute approximate surface area is 57.4 Å². The predicted molar refractivity (Wildman–Crippen MR) is 31.0 cm³/mol. The van der Waals surface area contributed by atoms with Crippen LogP contribution in [0, 0.1) is 5.41 Å². The van der Waals surface area contributed by atoms with Crippen LogP contribution in [-0.4, -0.2) is 31.9 Å². The summed E-state index contributed by atoms with van der Waals surface area (Å²) in [5, 5.41) is 6.59. The molecule has 0 spiro atoms. The fraction of sp³-hybridized carbons (Fsp3) is 0.600. The van der Waals surface area contributed by atoms with Crippen molar-refractivity contribution in [3.8, 4) is 0 Å². The van der Waals surface area contributed by atoms with E-state index in [0.717, 1.165) is 6.21 Å². The lowest BCUT2D eigenvalue weighted by Crippen LogP contribution is -2.15. The topological polar surface area (TPSA) is 68.6 Å². The first-order valence-electron chi connectivity index (χ1n) is 2.77. The normalized spacial score (nSPS) is 23.6. The van der Waals surface area contributed by atoms with E-state index in [-0.39, 0.29) is 13.2 Å². The highest BCUT2D eigenvalue weighted by molar-refractivity contribution is 5.61. The molecule has 0 aromatic carbocycles. The number of hydrogen-bond donors (Lipinski definition) is 1. The van der Waals surface area contributed by atoms with E-state index in [4.69, 9.17) is 10.1 Å². The maximum absolute atomic E-state index is 10.2. The minimum absolute atomic E-state index is 0.118. The summed E-state index contributed by atoms with van der Waals surface area (Å²) in [6.07, 6.45) is -0.268. The maximum atomic E-state index is 10.2. The Morgan fingerprint density at radius 2 is 2.70 bits per heavy atom. The molecule has 1 N–H and O–H groups in total. The van der Waals surface area contributed by atoms with Crippen LogP contribution in [-0.2, 0) is 14.2 Å². The van der Waals surface area contributed by atoms with E-state index in [1.165, 1.54) is 0 Å². The van der Waals surface area contributed by atoms with E-state index in [1.54, 1.807) is 0 Å². The van der Waals surface area contributed by atoms with Crippen LogP contribution in [0.2, 0.25) is 0 Å². The van der Waals surface area contributed by atoms with Gasteiger partial charge in [0.2, 0.25) is 6.29 Å². The van der Waals surface area contributed by atoms with Crippen LogP contribution < -0.4 is 0 Å². The first kappa shape index (κ1) is 7.01. The monoisotopic (exact) mass is 145 g/mol. The van der Waals surface area contributed by atoms with E-state index >= 15 is 0 Å². The lowest BCUT2D eigenvalue weighted by atomic mass is 10.7. The summed E-state index contributed by atoms with van der Waals surface area (Å²) in [6, 6.07) is 0. The van der Waals surface area contributed by atoms with Gasteiger partial charge in [-0.2, -0.15) is 0 Å². The molecule has 0 aromatic heterocycles. The molecule has 1 aliphatic rings. The number of ether oxygens (including phenoxy) is 3. The molecule has 1 unspecified atom stereocenters. The molecule has 0 aromatic rings. The molecule has 5 nitrogen and oxygen atoms in total. The summed E-state index contributed by atoms with van der Waals surface area (Å²) < 4.78 is 13.7. The van der Waals surface area contributed by atoms with Crippen molar-refractivity contribution in [1.29, 1.82) is 5.41 Å². The molecule has 0 amide bonds.